The molecule has 0 aliphatic carbocycles. The van der Waals surface area contributed by atoms with Crippen LogP contribution in [0.4, 0.5) is 13.2 Å². The number of aliphatic hydroxyl groups is 1. The van der Waals surface area contributed by atoms with E-state index in [1.54, 1.807) is 6.92 Å². The molecule has 0 aromatic rings. The summed E-state index contributed by atoms with van der Waals surface area (Å²) in [6.07, 6.45) is -5.97. The van der Waals surface area contributed by atoms with Gasteiger partial charge in [-0.05, 0) is 6.42 Å². The van der Waals surface area contributed by atoms with Crippen LogP contribution in [0.15, 0.2) is 0 Å². The van der Waals surface area contributed by atoms with Gasteiger partial charge in [0.1, 0.15) is 11.7 Å². The maximum Gasteiger partial charge on any atom is 0.471 e. The van der Waals surface area contributed by atoms with Crippen LogP contribution in [0.25, 0.3) is 0 Å². The molecule has 4 atom stereocenters. The highest BCUT2D eigenvalue weighted by Crippen LogP contribution is 2.41. The van der Waals surface area contributed by atoms with Gasteiger partial charge in [0.15, 0.2) is 0 Å². The maximum atomic E-state index is 12.3. The van der Waals surface area contributed by atoms with E-state index >= 15 is 0 Å². The third-order valence-electron chi connectivity index (χ3n) is 3.20. The molecule has 2 bridgehead atoms. The quantitative estimate of drug-likeness (QED) is 0.718. The summed E-state index contributed by atoms with van der Waals surface area (Å²) in [4.78, 5) is 11.7. The summed E-state index contributed by atoms with van der Waals surface area (Å²) in [6, 6.07) is -1.23. The van der Waals surface area contributed by atoms with E-state index in [0.29, 0.717) is 4.90 Å². The van der Waals surface area contributed by atoms with E-state index in [1.807, 2.05) is 0 Å². The highest BCUT2D eigenvalue weighted by molar-refractivity contribution is 5.83. The fraction of sp³-hybridized carbons (Fsp3) is 0.889. The SMILES string of the molecule is [3H][C@@H]1O[C@@]2(CC)CN(C(=O)C(F)(F)F)[C@@H]1[C@@H]2O. The first-order valence-electron chi connectivity index (χ1n) is 5.46. The zero-order valence-electron chi connectivity index (χ0n) is 9.49. The van der Waals surface area contributed by atoms with Crippen LogP contribution in [0.5, 0.6) is 0 Å². The van der Waals surface area contributed by atoms with E-state index in [-0.39, 0.29) is 13.0 Å². The Bertz CT molecular complexity index is 351. The van der Waals surface area contributed by atoms with Crippen molar-refractivity contribution in [1.29, 1.82) is 0 Å². The number of morpholine rings is 1. The minimum Gasteiger partial charge on any atom is -0.388 e. The van der Waals surface area contributed by atoms with Crippen molar-refractivity contribution >= 4 is 5.91 Å². The Morgan fingerprint density at radius 1 is 1.75 bits per heavy atom. The Kier molecular flexibility index (Phi) is 2.16. The number of amides is 1. The molecule has 16 heavy (non-hydrogen) atoms. The molecule has 2 aliphatic heterocycles. The molecule has 1 amide bonds. The van der Waals surface area contributed by atoms with Gasteiger partial charge in [-0.1, -0.05) is 6.92 Å². The van der Waals surface area contributed by atoms with Crippen LogP contribution in [-0.2, 0) is 9.53 Å². The second-order valence-electron chi connectivity index (χ2n) is 4.04. The van der Waals surface area contributed by atoms with Crippen molar-refractivity contribution in [2.24, 2.45) is 0 Å². The molecule has 2 rings (SSSR count). The number of likely N-dealkylation sites (tertiary alicyclic amines) is 1. The number of rotatable bonds is 1. The van der Waals surface area contributed by atoms with Gasteiger partial charge in [-0.2, -0.15) is 13.2 Å². The van der Waals surface area contributed by atoms with Crippen LogP contribution in [0, 0.1) is 0 Å². The van der Waals surface area contributed by atoms with Crippen LogP contribution >= 0.6 is 0 Å². The largest absolute Gasteiger partial charge is 0.471 e. The molecule has 92 valence electrons. The molecule has 0 radical (unpaired) electrons. The first kappa shape index (κ1) is 10.3. The number of carbonyl (C=O) groups is 1. The monoisotopic (exact) mass is 241 g/mol. The molecule has 2 aliphatic rings. The third kappa shape index (κ3) is 1.41. The molecule has 0 unspecified atom stereocenters. The summed E-state index contributed by atoms with van der Waals surface area (Å²) < 4.78 is 49.6. The average molecular weight is 241 g/mol. The summed E-state index contributed by atoms with van der Waals surface area (Å²) in [5.41, 5.74) is -1.22. The molecule has 2 saturated heterocycles. The van der Waals surface area contributed by atoms with Crippen LogP contribution < -0.4 is 0 Å². The average Bonchev–Trinajstić information content (AvgIpc) is 2.64. The number of aliphatic hydroxyl groups excluding tert-OH is 1. The Balaban J connectivity index is 2.28. The number of carbonyl (C=O) groups excluding carboxylic acids is 1. The van der Waals surface area contributed by atoms with Crippen LogP contribution in [-0.4, -0.2) is 53.0 Å². The first-order chi connectivity index (χ1) is 7.73. The smallest absolute Gasteiger partial charge is 0.388 e. The Morgan fingerprint density at radius 3 is 2.81 bits per heavy atom. The van der Waals surface area contributed by atoms with Crippen LogP contribution in [0.3, 0.4) is 0 Å². The summed E-state index contributed by atoms with van der Waals surface area (Å²) in [5.74, 6) is -2.02. The minimum absolute atomic E-state index is 0.252. The summed E-state index contributed by atoms with van der Waals surface area (Å²) in [6.45, 7) is -0.00634. The highest BCUT2D eigenvalue weighted by atomic mass is 19.4. The van der Waals surface area contributed by atoms with Gasteiger partial charge in [0.2, 0.25) is 0 Å². The second-order valence-corrected chi connectivity index (χ2v) is 4.04. The van der Waals surface area contributed by atoms with Crippen molar-refractivity contribution in [3.63, 3.8) is 0 Å². The normalized spacial score (nSPS) is 43.7. The number of fused-ring (bicyclic) bond motifs is 2. The fourth-order valence-electron chi connectivity index (χ4n) is 2.20. The summed E-state index contributed by atoms with van der Waals surface area (Å²) in [5, 5.41) is 9.83. The molecule has 1 N–H and O–H groups in total. The number of nitrogens with zero attached hydrogens (tertiary/aromatic N) is 1. The van der Waals surface area contributed by atoms with Crippen molar-refractivity contribution in [1.82, 2.24) is 4.90 Å². The number of ether oxygens (including phenoxy) is 1. The van der Waals surface area contributed by atoms with Crippen molar-refractivity contribution in [2.75, 3.05) is 13.1 Å². The van der Waals surface area contributed by atoms with E-state index < -0.39 is 36.4 Å². The maximum absolute atomic E-state index is 12.3. The first-order valence-corrected chi connectivity index (χ1v) is 4.89. The standard InChI is InChI=1S/C9H12F3NO3/c1-2-8-4-13(7(15)9(10,11)12)5(3-16-8)6(8)14/h5-6,14H,2-4H2,1H3/t5-,6-,8-/m0/s1/i3T/t3-,5-,6-,8-. The van der Waals surface area contributed by atoms with Gasteiger partial charge in [0.25, 0.3) is 0 Å². The molecular weight excluding hydrogens is 227 g/mol. The molecule has 2 heterocycles. The highest BCUT2D eigenvalue weighted by Gasteiger charge is 2.62. The Labute approximate surface area is 91.4 Å². The van der Waals surface area contributed by atoms with Gasteiger partial charge in [-0.25, -0.2) is 0 Å². The number of alkyl halides is 3. The van der Waals surface area contributed by atoms with Gasteiger partial charge in [0.05, 0.1) is 20.5 Å². The molecule has 0 aromatic carbocycles. The van der Waals surface area contributed by atoms with E-state index in [0.717, 1.165) is 0 Å². The second kappa shape index (κ2) is 3.33. The van der Waals surface area contributed by atoms with E-state index in [4.69, 9.17) is 6.11 Å². The summed E-state index contributed by atoms with van der Waals surface area (Å²) in [7, 11) is 0. The number of hydrogen-bond acceptors (Lipinski definition) is 3. The van der Waals surface area contributed by atoms with Crippen molar-refractivity contribution in [2.45, 2.75) is 37.3 Å². The molecule has 0 saturated carbocycles. The summed E-state index contributed by atoms with van der Waals surface area (Å²) >= 11 is 0. The van der Waals surface area contributed by atoms with Crippen LogP contribution in [0.2, 0.25) is 0 Å². The van der Waals surface area contributed by atoms with Crippen molar-refractivity contribution in [3.8, 4) is 0 Å². The van der Waals surface area contributed by atoms with Gasteiger partial charge >= 0.3 is 12.1 Å². The lowest BCUT2D eigenvalue weighted by Gasteiger charge is -2.31. The predicted molar refractivity (Wildman–Crippen MR) is 46.5 cm³/mol. The van der Waals surface area contributed by atoms with E-state index in [2.05, 4.69) is 0 Å². The van der Waals surface area contributed by atoms with Gasteiger partial charge in [0, 0.05) is 0 Å². The molecular formula is C9H12F3NO3. The Hall–Kier alpha value is -0.820. The fourth-order valence-corrected chi connectivity index (χ4v) is 2.20. The lowest BCUT2D eigenvalue weighted by atomic mass is 9.97. The molecule has 4 nitrogen and oxygen atoms in total. The predicted octanol–water partition coefficient (Wildman–Crippen LogP) is 0.299. The molecule has 2 fully saturated rings. The van der Waals surface area contributed by atoms with E-state index in [1.165, 1.54) is 0 Å². The van der Waals surface area contributed by atoms with Gasteiger partial charge in [-0.15, -0.1) is 0 Å². The Morgan fingerprint density at radius 2 is 2.38 bits per heavy atom. The zero-order chi connectivity index (χ0) is 13.0. The number of halogens is 3. The number of hydrogen-bond donors (Lipinski definition) is 1. The van der Waals surface area contributed by atoms with Crippen LogP contribution in [0.1, 0.15) is 14.7 Å². The molecule has 0 spiro atoms. The van der Waals surface area contributed by atoms with Crippen molar-refractivity contribution in [3.05, 3.63) is 0 Å². The molecule has 7 heteroatoms. The minimum atomic E-state index is -4.99. The van der Waals surface area contributed by atoms with Gasteiger partial charge < -0.3 is 14.7 Å². The van der Waals surface area contributed by atoms with E-state index in [9.17, 15) is 23.1 Å². The topological polar surface area (TPSA) is 49.8 Å². The molecule has 0 aromatic heterocycles. The van der Waals surface area contributed by atoms with Crippen molar-refractivity contribution < 1.29 is 29.2 Å². The third-order valence-corrected chi connectivity index (χ3v) is 3.20. The lowest BCUT2D eigenvalue weighted by molar-refractivity contribution is -0.191. The zero-order valence-corrected chi connectivity index (χ0v) is 8.49. The lowest BCUT2D eigenvalue weighted by Crippen LogP contribution is -2.50. The van der Waals surface area contributed by atoms with Gasteiger partial charge in [-0.3, -0.25) is 4.79 Å².